The lowest BCUT2D eigenvalue weighted by Crippen LogP contribution is -2.45. The van der Waals surface area contributed by atoms with E-state index in [4.69, 9.17) is 0 Å². The van der Waals surface area contributed by atoms with Gasteiger partial charge < -0.3 is 4.90 Å². The summed E-state index contributed by atoms with van der Waals surface area (Å²) in [6.45, 7) is 4.45. The largest absolute Gasteiger partial charge is 0.323 e. The first-order valence-electron chi connectivity index (χ1n) is 8.42. The Hall–Kier alpha value is -0.220. The maximum Gasteiger partial charge on any atom is 0.244 e. The molecule has 3 atom stereocenters. The first-order chi connectivity index (χ1) is 9.70. The summed E-state index contributed by atoms with van der Waals surface area (Å²) in [6, 6.07) is 0.490. The fourth-order valence-electron chi connectivity index (χ4n) is 4.45. The molecule has 3 rings (SSSR count). The lowest BCUT2D eigenvalue weighted by molar-refractivity contribution is -0.135. The highest BCUT2D eigenvalue weighted by molar-refractivity contribution is 7.99. The second-order valence-corrected chi connectivity index (χ2v) is 8.19. The number of rotatable bonds is 4. The SMILES string of the molecule is CCSC1CCC(N2C(=O)C3(CCCC3)NC2CC)C1. The molecule has 1 N–H and O–H groups in total. The van der Waals surface area contributed by atoms with Gasteiger partial charge in [0.15, 0.2) is 0 Å². The molecule has 2 aliphatic carbocycles. The molecule has 3 aliphatic rings. The molecule has 0 aromatic rings. The van der Waals surface area contributed by atoms with Crippen molar-refractivity contribution in [2.45, 2.75) is 88.2 Å². The van der Waals surface area contributed by atoms with Crippen LogP contribution in [-0.2, 0) is 4.79 Å². The third kappa shape index (κ3) is 2.39. The summed E-state index contributed by atoms with van der Waals surface area (Å²) in [5, 5.41) is 4.48. The summed E-state index contributed by atoms with van der Waals surface area (Å²) in [5.41, 5.74) is -0.184. The monoisotopic (exact) mass is 296 g/mol. The predicted octanol–water partition coefficient (Wildman–Crippen LogP) is 3.14. The van der Waals surface area contributed by atoms with Crippen LogP contribution >= 0.6 is 11.8 Å². The van der Waals surface area contributed by atoms with Gasteiger partial charge in [-0.3, -0.25) is 10.1 Å². The topological polar surface area (TPSA) is 32.3 Å². The maximum atomic E-state index is 13.0. The normalized spacial score (nSPS) is 36.4. The molecule has 1 spiro atoms. The molecule has 20 heavy (non-hydrogen) atoms. The van der Waals surface area contributed by atoms with Crippen molar-refractivity contribution in [3.8, 4) is 0 Å². The number of carbonyl (C=O) groups is 1. The zero-order chi connectivity index (χ0) is 14.2. The summed E-state index contributed by atoms with van der Waals surface area (Å²) in [5.74, 6) is 1.62. The van der Waals surface area contributed by atoms with Crippen molar-refractivity contribution in [2.75, 3.05) is 5.75 Å². The molecule has 0 aromatic heterocycles. The van der Waals surface area contributed by atoms with E-state index < -0.39 is 0 Å². The van der Waals surface area contributed by atoms with Crippen LogP contribution < -0.4 is 5.32 Å². The Kier molecular flexibility index (Phi) is 4.32. The van der Waals surface area contributed by atoms with Crippen LogP contribution in [-0.4, -0.2) is 39.6 Å². The van der Waals surface area contributed by atoms with Crippen molar-refractivity contribution in [3.05, 3.63) is 0 Å². The fraction of sp³-hybridized carbons (Fsp3) is 0.938. The molecular formula is C16H28N2OS. The fourth-order valence-corrected chi connectivity index (χ4v) is 5.58. The highest BCUT2D eigenvalue weighted by Gasteiger charge is 2.54. The molecule has 3 fully saturated rings. The minimum Gasteiger partial charge on any atom is -0.323 e. The van der Waals surface area contributed by atoms with Crippen LogP contribution in [0.5, 0.6) is 0 Å². The van der Waals surface area contributed by atoms with E-state index in [1.165, 1.54) is 37.9 Å². The molecule has 0 radical (unpaired) electrons. The van der Waals surface area contributed by atoms with Gasteiger partial charge in [-0.2, -0.15) is 11.8 Å². The van der Waals surface area contributed by atoms with Gasteiger partial charge in [0.2, 0.25) is 5.91 Å². The lowest BCUT2D eigenvalue weighted by Gasteiger charge is -2.30. The van der Waals surface area contributed by atoms with Crippen LogP contribution in [0.2, 0.25) is 0 Å². The smallest absolute Gasteiger partial charge is 0.244 e. The van der Waals surface area contributed by atoms with Crippen LogP contribution in [0.4, 0.5) is 0 Å². The molecular weight excluding hydrogens is 268 g/mol. The van der Waals surface area contributed by atoms with Crippen LogP contribution in [0.3, 0.4) is 0 Å². The van der Waals surface area contributed by atoms with Gasteiger partial charge >= 0.3 is 0 Å². The maximum absolute atomic E-state index is 13.0. The number of nitrogens with one attached hydrogen (secondary N) is 1. The molecule has 114 valence electrons. The third-order valence-corrected chi connectivity index (χ3v) is 6.65. The highest BCUT2D eigenvalue weighted by atomic mass is 32.2. The zero-order valence-corrected chi connectivity index (χ0v) is 13.7. The Balaban J connectivity index is 1.73. The summed E-state index contributed by atoms with van der Waals surface area (Å²) in [6.07, 6.45) is 9.56. The number of thioether (sulfide) groups is 1. The lowest BCUT2D eigenvalue weighted by atomic mass is 9.97. The second kappa shape index (κ2) is 5.88. The number of hydrogen-bond donors (Lipinski definition) is 1. The van der Waals surface area contributed by atoms with E-state index >= 15 is 0 Å². The van der Waals surface area contributed by atoms with Crippen molar-refractivity contribution in [3.63, 3.8) is 0 Å². The predicted molar refractivity (Wildman–Crippen MR) is 84.8 cm³/mol. The van der Waals surface area contributed by atoms with Crippen LogP contribution in [0, 0.1) is 0 Å². The average Bonchev–Trinajstić information content (AvgIpc) is 3.13. The number of hydrogen-bond acceptors (Lipinski definition) is 3. The van der Waals surface area contributed by atoms with Crippen molar-refractivity contribution in [1.82, 2.24) is 10.2 Å². The highest BCUT2D eigenvalue weighted by Crippen LogP contribution is 2.41. The van der Waals surface area contributed by atoms with Crippen LogP contribution in [0.1, 0.15) is 65.2 Å². The molecule has 4 heteroatoms. The molecule has 0 bridgehead atoms. The Bertz CT molecular complexity index is 367. The van der Waals surface area contributed by atoms with E-state index in [0.717, 1.165) is 24.5 Å². The van der Waals surface area contributed by atoms with Gasteiger partial charge in [-0.1, -0.05) is 26.7 Å². The molecule has 1 amide bonds. The quantitative estimate of drug-likeness (QED) is 0.865. The minimum absolute atomic E-state index is 0.184. The van der Waals surface area contributed by atoms with Gasteiger partial charge in [0, 0.05) is 11.3 Å². The van der Waals surface area contributed by atoms with E-state index in [9.17, 15) is 4.79 Å². The van der Waals surface area contributed by atoms with E-state index in [-0.39, 0.29) is 11.7 Å². The summed E-state index contributed by atoms with van der Waals surface area (Å²) in [7, 11) is 0. The van der Waals surface area contributed by atoms with Crippen molar-refractivity contribution < 1.29 is 4.79 Å². The van der Waals surface area contributed by atoms with Gasteiger partial charge in [0.1, 0.15) is 0 Å². The number of amides is 1. The van der Waals surface area contributed by atoms with Gasteiger partial charge in [0.25, 0.3) is 0 Å². The standard InChI is InChI=1S/C16H28N2OS/c1-3-14-17-16(9-5-6-10-16)15(19)18(14)12-7-8-13(11-12)20-4-2/h12-14,17H,3-11H2,1-2H3. The Labute approximate surface area is 127 Å². The molecule has 2 saturated carbocycles. The number of nitrogens with zero attached hydrogens (tertiary/aromatic N) is 1. The van der Waals surface area contributed by atoms with Crippen LogP contribution in [0.15, 0.2) is 0 Å². The molecule has 1 heterocycles. The Morgan fingerprint density at radius 3 is 2.70 bits per heavy atom. The van der Waals surface area contributed by atoms with Gasteiger partial charge in [-0.25, -0.2) is 0 Å². The van der Waals surface area contributed by atoms with Gasteiger partial charge in [-0.15, -0.1) is 0 Å². The van der Waals surface area contributed by atoms with E-state index in [0.29, 0.717) is 11.9 Å². The van der Waals surface area contributed by atoms with Crippen molar-refractivity contribution in [2.24, 2.45) is 0 Å². The molecule has 0 aromatic carbocycles. The first-order valence-corrected chi connectivity index (χ1v) is 9.47. The summed E-state index contributed by atoms with van der Waals surface area (Å²) in [4.78, 5) is 15.3. The van der Waals surface area contributed by atoms with Crippen molar-refractivity contribution >= 4 is 17.7 Å². The first kappa shape index (κ1) is 14.7. The Morgan fingerprint density at radius 2 is 2.05 bits per heavy atom. The van der Waals surface area contributed by atoms with Gasteiger partial charge in [0.05, 0.1) is 11.7 Å². The van der Waals surface area contributed by atoms with E-state index in [1.807, 2.05) is 0 Å². The second-order valence-electron chi connectivity index (χ2n) is 6.61. The number of carbonyl (C=O) groups excluding carboxylic acids is 1. The van der Waals surface area contributed by atoms with E-state index in [1.54, 1.807) is 0 Å². The molecule has 3 nitrogen and oxygen atoms in total. The Morgan fingerprint density at radius 1 is 1.30 bits per heavy atom. The van der Waals surface area contributed by atoms with Gasteiger partial charge in [-0.05, 0) is 44.3 Å². The molecule has 1 aliphatic heterocycles. The van der Waals surface area contributed by atoms with Crippen molar-refractivity contribution in [1.29, 1.82) is 0 Å². The van der Waals surface area contributed by atoms with E-state index in [2.05, 4.69) is 35.8 Å². The summed E-state index contributed by atoms with van der Waals surface area (Å²) < 4.78 is 0. The molecule has 1 saturated heterocycles. The van der Waals surface area contributed by atoms with Crippen LogP contribution in [0.25, 0.3) is 0 Å². The third-order valence-electron chi connectivity index (χ3n) is 5.42. The zero-order valence-electron chi connectivity index (χ0n) is 12.9. The summed E-state index contributed by atoms with van der Waals surface area (Å²) >= 11 is 2.08. The minimum atomic E-state index is -0.184. The molecule has 3 unspecified atom stereocenters. The average molecular weight is 296 g/mol.